The minimum absolute atomic E-state index is 0.895. The number of allylic oxidation sites excluding steroid dienone is 2. The van der Waals surface area contributed by atoms with Gasteiger partial charge in [0.05, 0.1) is 0 Å². The molecule has 0 fully saturated rings. The van der Waals surface area contributed by atoms with Crippen LogP contribution >= 0.6 is 0 Å². The van der Waals surface area contributed by atoms with Gasteiger partial charge in [-0.25, -0.2) is 0 Å². The molecule has 1 heterocycles. The lowest BCUT2D eigenvalue weighted by Gasteiger charge is -2.18. The Morgan fingerprint density at radius 3 is 1.70 bits per heavy atom. The van der Waals surface area contributed by atoms with E-state index in [4.69, 9.17) is 4.42 Å². The fraction of sp³-hybridized carbons (Fsp3) is 0.0256. The summed E-state index contributed by atoms with van der Waals surface area (Å²) >= 11 is 0. The van der Waals surface area contributed by atoms with Crippen LogP contribution < -0.4 is 0 Å². The van der Waals surface area contributed by atoms with Crippen LogP contribution in [0.25, 0.3) is 72.0 Å². The first-order chi connectivity index (χ1) is 19.7. The van der Waals surface area contributed by atoms with Gasteiger partial charge in [0, 0.05) is 10.9 Å². The van der Waals surface area contributed by atoms with E-state index in [1.54, 1.807) is 6.08 Å². The van der Waals surface area contributed by atoms with Crippen molar-refractivity contribution in [2.24, 2.45) is 0 Å². The summed E-state index contributed by atoms with van der Waals surface area (Å²) in [4.78, 5) is 0. The molecule has 1 heteroatoms. The Bertz CT molecular complexity index is 2020. The molecule has 40 heavy (non-hydrogen) atoms. The predicted octanol–water partition coefficient (Wildman–Crippen LogP) is 11.2. The topological polar surface area (TPSA) is 13.1 Å². The molecule has 0 saturated heterocycles. The van der Waals surface area contributed by atoms with Gasteiger partial charge in [0.25, 0.3) is 0 Å². The Hall–Kier alpha value is -5.14. The molecule has 7 aromatic rings. The highest BCUT2D eigenvalue weighted by Crippen LogP contribution is 2.45. The zero-order chi connectivity index (χ0) is 27.1. The third kappa shape index (κ3) is 3.95. The highest BCUT2D eigenvalue weighted by Gasteiger charge is 2.18. The van der Waals surface area contributed by atoms with Gasteiger partial charge in [-0.05, 0) is 80.0 Å². The average Bonchev–Trinajstić information content (AvgIpc) is 3.32. The van der Waals surface area contributed by atoms with Gasteiger partial charge < -0.3 is 4.42 Å². The summed E-state index contributed by atoms with van der Waals surface area (Å²) in [6.07, 6.45) is 5.82. The average molecular weight is 513 g/mol. The first-order valence-electron chi connectivity index (χ1n) is 13.6. The summed E-state index contributed by atoms with van der Waals surface area (Å²) in [6, 6.07) is 43.7. The first kappa shape index (κ1) is 23.9. The van der Waals surface area contributed by atoms with Crippen molar-refractivity contribution in [2.45, 2.75) is 6.92 Å². The maximum absolute atomic E-state index is 6.25. The van der Waals surface area contributed by atoms with Gasteiger partial charge in [-0.3, -0.25) is 0 Å². The first-order valence-corrected chi connectivity index (χ1v) is 13.6. The van der Waals surface area contributed by atoms with Crippen LogP contribution in [0.1, 0.15) is 11.3 Å². The molecule has 0 aliphatic rings. The maximum atomic E-state index is 6.25. The molecule has 0 radical (unpaired) electrons. The van der Waals surface area contributed by atoms with E-state index in [1.807, 2.05) is 13.0 Å². The number of hydrogen-bond acceptors (Lipinski definition) is 1. The molecule has 7 rings (SSSR count). The molecule has 0 N–H and O–H groups in total. The van der Waals surface area contributed by atoms with E-state index >= 15 is 0 Å². The molecule has 0 atom stereocenters. The Labute approximate surface area is 234 Å². The zero-order valence-corrected chi connectivity index (χ0v) is 22.4. The van der Waals surface area contributed by atoms with Gasteiger partial charge in [0.15, 0.2) is 0 Å². The Kier molecular flexibility index (Phi) is 5.91. The van der Waals surface area contributed by atoms with Crippen LogP contribution in [0.3, 0.4) is 0 Å². The van der Waals surface area contributed by atoms with Crippen molar-refractivity contribution in [3.05, 3.63) is 151 Å². The fourth-order valence-corrected chi connectivity index (χ4v) is 6.00. The summed E-state index contributed by atoms with van der Waals surface area (Å²) in [6.45, 7) is 5.83. The molecular weight excluding hydrogens is 484 g/mol. The predicted molar refractivity (Wildman–Crippen MR) is 172 cm³/mol. The van der Waals surface area contributed by atoms with Gasteiger partial charge in [-0.1, -0.05) is 128 Å². The van der Waals surface area contributed by atoms with Gasteiger partial charge in [-0.2, -0.15) is 0 Å². The van der Waals surface area contributed by atoms with E-state index in [0.29, 0.717) is 0 Å². The van der Waals surface area contributed by atoms with Gasteiger partial charge in [0.1, 0.15) is 11.3 Å². The second-order valence-electron chi connectivity index (χ2n) is 10.2. The van der Waals surface area contributed by atoms with Gasteiger partial charge >= 0.3 is 0 Å². The highest BCUT2D eigenvalue weighted by molar-refractivity contribution is 6.21. The third-order valence-corrected chi connectivity index (χ3v) is 7.79. The maximum Gasteiger partial charge on any atom is 0.135 e. The van der Waals surface area contributed by atoms with Crippen molar-refractivity contribution in [3.63, 3.8) is 0 Å². The van der Waals surface area contributed by atoms with E-state index in [-0.39, 0.29) is 0 Å². The highest BCUT2D eigenvalue weighted by atomic mass is 16.3. The van der Waals surface area contributed by atoms with Crippen molar-refractivity contribution in [1.29, 1.82) is 0 Å². The Balaban J connectivity index is 1.50. The van der Waals surface area contributed by atoms with Crippen LogP contribution in [-0.4, -0.2) is 0 Å². The molecule has 0 spiro atoms. The molecule has 0 aliphatic carbocycles. The standard InChI is InChI=1S/C39H28O/c1-3-4-17-31-26(2)40-37-25-30(22-23-32(31)37)39-35-20-10-8-18-33(35)38(34-19-9-11-21-36(34)39)29-16-12-15-28(24-29)27-13-6-5-7-14-27/h3-25H,1H2,2H3/b17-4-. The van der Waals surface area contributed by atoms with Crippen LogP contribution in [0, 0.1) is 6.92 Å². The fourth-order valence-electron chi connectivity index (χ4n) is 6.00. The second-order valence-corrected chi connectivity index (χ2v) is 10.2. The summed E-state index contributed by atoms with van der Waals surface area (Å²) in [5.41, 5.74) is 9.30. The van der Waals surface area contributed by atoms with Gasteiger partial charge in [-0.15, -0.1) is 0 Å². The van der Waals surface area contributed by atoms with E-state index in [1.165, 1.54) is 49.4 Å². The van der Waals surface area contributed by atoms with Crippen LogP contribution in [0.15, 0.2) is 144 Å². The molecule has 1 aromatic heterocycles. The van der Waals surface area contributed by atoms with Crippen LogP contribution in [0.4, 0.5) is 0 Å². The quantitative estimate of drug-likeness (QED) is 0.165. The van der Waals surface area contributed by atoms with Gasteiger partial charge in [0.2, 0.25) is 0 Å². The Morgan fingerprint density at radius 1 is 0.525 bits per heavy atom. The Morgan fingerprint density at radius 2 is 1.07 bits per heavy atom. The molecule has 0 bridgehead atoms. The van der Waals surface area contributed by atoms with Crippen LogP contribution in [-0.2, 0) is 0 Å². The van der Waals surface area contributed by atoms with Crippen molar-refractivity contribution < 1.29 is 4.42 Å². The number of fused-ring (bicyclic) bond motifs is 3. The smallest absolute Gasteiger partial charge is 0.135 e. The molecule has 0 aliphatic heterocycles. The summed E-state index contributed by atoms with van der Waals surface area (Å²) < 4.78 is 6.25. The second kappa shape index (κ2) is 9.87. The third-order valence-electron chi connectivity index (χ3n) is 7.79. The number of rotatable bonds is 5. The minimum Gasteiger partial charge on any atom is -0.461 e. The molecule has 1 nitrogen and oxygen atoms in total. The molecule has 190 valence electrons. The number of aryl methyl sites for hydroxylation is 1. The van der Waals surface area contributed by atoms with Crippen molar-refractivity contribution in [1.82, 2.24) is 0 Å². The summed E-state index contributed by atoms with van der Waals surface area (Å²) in [5, 5.41) is 6.06. The number of hydrogen-bond donors (Lipinski definition) is 0. The molecular formula is C39H28O. The zero-order valence-electron chi connectivity index (χ0n) is 22.4. The number of furan rings is 1. The monoisotopic (exact) mass is 512 g/mol. The lowest BCUT2D eigenvalue weighted by Crippen LogP contribution is -1.91. The van der Waals surface area contributed by atoms with E-state index in [0.717, 1.165) is 27.9 Å². The summed E-state index contributed by atoms with van der Waals surface area (Å²) in [7, 11) is 0. The summed E-state index contributed by atoms with van der Waals surface area (Å²) in [5.74, 6) is 0.911. The largest absolute Gasteiger partial charge is 0.461 e. The van der Waals surface area contributed by atoms with Crippen molar-refractivity contribution in [3.8, 4) is 33.4 Å². The molecule has 6 aromatic carbocycles. The minimum atomic E-state index is 0.895. The molecule has 0 saturated carbocycles. The lowest BCUT2D eigenvalue weighted by molar-refractivity contribution is 0.577. The normalized spacial score (nSPS) is 11.6. The van der Waals surface area contributed by atoms with E-state index in [9.17, 15) is 0 Å². The lowest BCUT2D eigenvalue weighted by atomic mass is 9.85. The van der Waals surface area contributed by atoms with Crippen LogP contribution in [0.2, 0.25) is 0 Å². The van der Waals surface area contributed by atoms with Crippen LogP contribution in [0.5, 0.6) is 0 Å². The van der Waals surface area contributed by atoms with E-state index in [2.05, 4.69) is 134 Å². The SMILES string of the molecule is C=C/C=C\c1c(C)oc2cc(-c3c4ccccc4c(-c4cccc(-c5ccccc5)c4)c4ccccc34)ccc12. The van der Waals surface area contributed by atoms with Crippen molar-refractivity contribution in [2.75, 3.05) is 0 Å². The molecule has 0 unspecified atom stereocenters. The van der Waals surface area contributed by atoms with E-state index < -0.39 is 0 Å². The van der Waals surface area contributed by atoms with Crippen molar-refractivity contribution >= 4 is 38.6 Å². The molecule has 0 amide bonds. The number of benzene rings is 6.